The summed E-state index contributed by atoms with van der Waals surface area (Å²) >= 11 is 1.41. The minimum absolute atomic E-state index is 0.0852. The van der Waals surface area contributed by atoms with Crippen molar-refractivity contribution in [2.24, 2.45) is 7.05 Å². The Morgan fingerprint density at radius 3 is 2.63 bits per heavy atom. The molecule has 0 spiro atoms. The average Bonchev–Trinajstić information content (AvgIpc) is 2.90. The monoisotopic (exact) mass is 279 g/mol. The molecule has 0 saturated heterocycles. The molecule has 0 fully saturated rings. The first-order valence-electron chi connectivity index (χ1n) is 6.12. The van der Waals surface area contributed by atoms with Crippen LogP contribution in [0, 0.1) is 13.8 Å². The number of rotatable bonds is 4. The third-order valence-electron chi connectivity index (χ3n) is 3.01. The second-order valence-electron chi connectivity index (χ2n) is 4.35. The van der Waals surface area contributed by atoms with E-state index in [9.17, 15) is 4.79 Å². The largest absolute Gasteiger partial charge is 0.300 e. The second kappa shape index (κ2) is 5.48. The van der Waals surface area contributed by atoms with Gasteiger partial charge in [-0.1, -0.05) is 18.3 Å². The van der Waals surface area contributed by atoms with E-state index in [4.69, 9.17) is 0 Å². The first kappa shape index (κ1) is 13.7. The van der Waals surface area contributed by atoms with Crippen LogP contribution in [0.4, 0.5) is 5.13 Å². The predicted octanol–water partition coefficient (Wildman–Crippen LogP) is 1.63. The molecule has 2 heterocycles. The molecule has 0 aliphatic rings. The van der Waals surface area contributed by atoms with Crippen molar-refractivity contribution in [2.45, 2.75) is 33.6 Å². The Labute approximate surface area is 115 Å². The lowest BCUT2D eigenvalue weighted by atomic mass is 10.1. The number of hydrogen-bond acceptors (Lipinski definition) is 5. The molecule has 2 rings (SSSR count). The van der Waals surface area contributed by atoms with Gasteiger partial charge in [-0.3, -0.25) is 9.48 Å². The summed E-state index contributed by atoms with van der Waals surface area (Å²) in [5, 5.41) is 16.5. The zero-order valence-corrected chi connectivity index (χ0v) is 12.3. The number of hydrogen-bond donors (Lipinski definition) is 1. The highest BCUT2D eigenvalue weighted by Gasteiger charge is 2.14. The fraction of sp³-hybridized carbons (Fsp3) is 0.500. The lowest BCUT2D eigenvalue weighted by molar-refractivity contribution is -0.115. The predicted molar refractivity (Wildman–Crippen MR) is 74.3 cm³/mol. The fourth-order valence-electron chi connectivity index (χ4n) is 1.84. The third-order valence-corrected chi connectivity index (χ3v) is 3.99. The topological polar surface area (TPSA) is 72.7 Å². The molecule has 102 valence electrons. The number of nitrogens with one attached hydrogen (secondary N) is 1. The van der Waals surface area contributed by atoms with Crippen LogP contribution in [0.1, 0.15) is 28.9 Å². The molecule has 0 radical (unpaired) electrons. The van der Waals surface area contributed by atoms with Gasteiger partial charge < -0.3 is 5.32 Å². The molecule has 0 atom stereocenters. The molecule has 19 heavy (non-hydrogen) atoms. The van der Waals surface area contributed by atoms with Crippen LogP contribution in [0.25, 0.3) is 0 Å². The van der Waals surface area contributed by atoms with Crippen LogP contribution in [0.5, 0.6) is 0 Å². The highest BCUT2D eigenvalue weighted by atomic mass is 32.1. The van der Waals surface area contributed by atoms with Gasteiger partial charge in [0.1, 0.15) is 5.01 Å². The van der Waals surface area contributed by atoms with Crippen molar-refractivity contribution in [2.75, 3.05) is 5.32 Å². The van der Waals surface area contributed by atoms with E-state index >= 15 is 0 Å². The van der Waals surface area contributed by atoms with E-state index in [0.29, 0.717) is 11.6 Å². The molecule has 1 amide bonds. The molecule has 0 aliphatic carbocycles. The number of carbonyl (C=O) groups excluding carboxylic acids is 1. The molecule has 6 nitrogen and oxygen atoms in total. The van der Waals surface area contributed by atoms with Gasteiger partial charge in [0.15, 0.2) is 0 Å². The van der Waals surface area contributed by atoms with Crippen LogP contribution < -0.4 is 5.32 Å². The maximum Gasteiger partial charge on any atom is 0.230 e. The van der Waals surface area contributed by atoms with Crippen molar-refractivity contribution in [3.63, 3.8) is 0 Å². The third kappa shape index (κ3) is 2.98. The van der Waals surface area contributed by atoms with Gasteiger partial charge in [-0.15, -0.1) is 10.2 Å². The van der Waals surface area contributed by atoms with E-state index in [-0.39, 0.29) is 5.91 Å². The SMILES string of the molecule is CCc1nnc(NC(=O)Cc2c(C)nn(C)c2C)s1. The first-order chi connectivity index (χ1) is 9.01. The van der Waals surface area contributed by atoms with Gasteiger partial charge in [0.2, 0.25) is 11.0 Å². The number of nitrogens with zero attached hydrogens (tertiary/aromatic N) is 4. The quantitative estimate of drug-likeness (QED) is 0.923. The van der Waals surface area contributed by atoms with Gasteiger partial charge in [0, 0.05) is 18.3 Å². The van der Waals surface area contributed by atoms with E-state index in [1.54, 1.807) is 4.68 Å². The molecule has 7 heteroatoms. The van der Waals surface area contributed by atoms with Crippen molar-refractivity contribution in [1.29, 1.82) is 0 Å². The molecule has 0 bridgehead atoms. The summed E-state index contributed by atoms with van der Waals surface area (Å²) in [6.45, 7) is 5.88. The van der Waals surface area contributed by atoms with Crippen molar-refractivity contribution >= 4 is 22.4 Å². The molecule has 1 N–H and O–H groups in total. The number of anilines is 1. The molecule has 2 aromatic heterocycles. The summed E-state index contributed by atoms with van der Waals surface area (Å²) in [7, 11) is 1.88. The van der Waals surface area contributed by atoms with Crippen LogP contribution in [0.15, 0.2) is 0 Å². The molecule has 2 aromatic rings. The van der Waals surface area contributed by atoms with Crippen LogP contribution in [0.2, 0.25) is 0 Å². The number of amides is 1. The normalized spacial score (nSPS) is 10.7. The van der Waals surface area contributed by atoms with Gasteiger partial charge in [0.05, 0.1) is 12.1 Å². The van der Waals surface area contributed by atoms with Crippen LogP contribution >= 0.6 is 11.3 Å². The van der Waals surface area contributed by atoms with Gasteiger partial charge in [-0.25, -0.2) is 0 Å². The molecular weight excluding hydrogens is 262 g/mol. The Balaban J connectivity index is 2.05. The van der Waals surface area contributed by atoms with E-state index in [1.807, 2.05) is 27.8 Å². The van der Waals surface area contributed by atoms with Gasteiger partial charge >= 0.3 is 0 Å². The van der Waals surface area contributed by atoms with Gasteiger partial charge in [0.25, 0.3) is 0 Å². The zero-order chi connectivity index (χ0) is 14.0. The Bertz CT molecular complexity index is 601. The maximum absolute atomic E-state index is 12.0. The Morgan fingerprint density at radius 2 is 2.11 bits per heavy atom. The van der Waals surface area contributed by atoms with Crippen LogP contribution in [-0.4, -0.2) is 25.9 Å². The summed E-state index contributed by atoms with van der Waals surface area (Å²) in [6.07, 6.45) is 1.14. The lowest BCUT2D eigenvalue weighted by Gasteiger charge is -2.02. The van der Waals surface area contributed by atoms with Gasteiger partial charge in [-0.2, -0.15) is 5.10 Å². The van der Waals surface area contributed by atoms with E-state index < -0.39 is 0 Å². The lowest BCUT2D eigenvalue weighted by Crippen LogP contribution is -2.15. The summed E-state index contributed by atoms with van der Waals surface area (Å²) in [6, 6.07) is 0. The fourth-order valence-corrected chi connectivity index (χ4v) is 2.54. The van der Waals surface area contributed by atoms with Crippen molar-refractivity contribution in [3.05, 3.63) is 22.0 Å². The van der Waals surface area contributed by atoms with E-state index in [0.717, 1.165) is 28.4 Å². The Morgan fingerprint density at radius 1 is 1.37 bits per heavy atom. The smallest absolute Gasteiger partial charge is 0.230 e. The number of aromatic nitrogens is 4. The van der Waals surface area contributed by atoms with Crippen LogP contribution in [-0.2, 0) is 24.7 Å². The summed E-state index contributed by atoms with van der Waals surface area (Å²) in [5.41, 5.74) is 2.88. The highest BCUT2D eigenvalue weighted by Crippen LogP contribution is 2.17. The summed E-state index contributed by atoms with van der Waals surface area (Å²) in [5.74, 6) is -0.0852. The second-order valence-corrected chi connectivity index (χ2v) is 5.41. The Hall–Kier alpha value is -1.76. The Kier molecular flexibility index (Phi) is 3.94. The molecule has 0 aromatic carbocycles. The van der Waals surface area contributed by atoms with E-state index in [1.165, 1.54) is 11.3 Å². The van der Waals surface area contributed by atoms with Gasteiger partial charge in [-0.05, 0) is 20.3 Å². The molecule has 0 unspecified atom stereocenters. The first-order valence-corrected chi connectivity index (χ1v) is 6.94. The zero-order valence-electron chi connectivity index (χ0n) is 11.5. The van der Waals surface area contributed by atoms with Crippen molar-refractivity contribution < 1.29 is 4.79 Å². The number of aryl methyl sites for hydroxylation is 3. The number of carbonyl (C=O) groups is 1. The minimum Gasteiger partial charge on any atom is -0.300 e. The van der Waals surface area contributed by atoms with E-state index in [2.05, 4.69) is 20.6 Å². The maximum atomic E-state index is 12.0. The highest BCUT2D eigenvalue weighted by molar-refractivity contribution is 7.15. The summed E-state index contributed by atoms with van der Waals surface area (Å²) < 4.78 is 1.79. The van der Waals surface area contributed by atoms with Crippen LogP contribution in [0.3, 0.4) is 0 Å². The van der Waals surface area contributed by atoms with Crippen molar-refractivity contribution in [1.82, 2.24) is 20.0 Å². The standard InChI is InChI=1S/C12H17N5OS/c1-5-11-14-15-12(19-11)13-10(18)6-9-7(2)16-17(4)8(9)3/h5-6H2,1-4H3,(H,13,15,18). The van der Waals surface area contributed by atoms with Crippen molar-refractivity contribution in [3.8, 4) is 0 Å². The molecule has 0 saturated carbocycles. The molecular formula is C12H17N5OS. The summed E-state index contributed by atoms with van der Waals surface area (Å²) in [4.78, 5) is 12.0. The average molecular weight is 279 g/mol. The molecule has 0 aliphatic heterocycles. The minimum atomic E-state index is -0.0852.